The summed E-state index contributed by atoms with van der Waals surface area (Å²) in [6.45, 7) is 0.788. The zero-order valence-corrected chi connectivity index (χ0v) is 17.7. The van der Waals surface area contributed by atoms with Gasteiger partial charge in [-0.3, -0.25) is 4.72 Å². The van der Waals surface area contributed by atoms with Crippen LogP contribution in [0.15, 0.2) is 60.8 Å². The minimum atomic E-state index is -3.33. The van der Waals surface area contributed by atoms with Gasteiger partial charge in [0.15, 0.2) is 0 Å². The van der Waals surface area contributed by atoms with E-state index in [0.717, 1.165) is 46.2 Å². The Morgan fingerprint density at radius 1 is 1.03 bits per heavy atom. The number of ether oxygens (including phenoxy) is 1. The summed E-state index contributed by atoms with van der Waals surface area (Å²) in [5.74, 6) is 0.525. The summed E-state index contributed by atoms with van der Waals surface area (Å²) < 4.78 is 33.4. The van der Waals surface area contributed by atoms with E-state index in [0.29, 0.717) is 24.7 Å². The van der Waals surface area contributed by atoms with E-state index in [1.54, 1.807) is 6.20 Å². The van der Waals surface area contributed by atoms with Crippen LogP contribution in [0.1, 0.15) is 29.5 Å². The van der Waals surface area contributed by atoms with Gasteiger partial charge in [-0.2, -0.15) is 0 Å². The summed E-state index contributed by atoms with van der Waals surface area (Å²) in [5, 5.41) is -0.273. The van der Waals surface area contributed by atoms with E-state index in [1.165, 1.54) is 0 Å². The molecule has 2 aromatic carbocycles. The van der Waals surface area contributed by atoms with Crippen LogP contribution >= 0.6 is 0 Å². The zero-order valence-electron chi connectivity index (χ0n) is 16.9. The van der Waals surface area contributed by atoms with E-state index in [1.807, 2.05) is 48.5 Å². The molecule has 0 spiro atoms. The van der Waals surface area contributed by atoms with Crippen molar-refractivity contribution in [2.75, 3.05) is 17.9 Å². The highest BCUT2D eigenvalue weighted by Crippen LogP contribution is 2.46. The van der Waals surface area contributed by atoms with Gasteiger partial charge >= 0.3 is 0 Å². The molecule has 3 N–H and O–H groups in total. The number of fused-ring (bicyclic) bond motifs is 3. The van der Waals surface area contributed by atoms with Crippen molar-refractivity contribution in [2.45, 2.75) is 18.1 Å². The van der Waals surface area contributed by atoms with Gasteiger partial charge in [-0.05, 0) is 71.0 Å². The maximum Gasteiger partial charge on any atom is 0.235 e. The molecule has 6 nitrogen and oxygen atoms in total. The molecule has 2 aliphatic carbocycles. The van der Waals surface area contributed by atoms with Crippen LogP contribution in [0.2, 0.25) is 0 Å². The monoisotopic (exact) mass is 433 g/mol. The van der Waals surface area contributed by atoms with Crippen molar-refractivity contribution >= 4 is 27.4 Å². The van der Waals surface area contributed by atoms with E-state index >= 15 is 0 Å². The molecule has 5 rings (SSSR count). The van der Waals surface area contributed by atoms with E-state index in [4.69, 9.17) is 10.5 Å². The smallest absolute Gasteiger partial charge is 0.235 e. The fourth-order valence-electron chi connectivity index (χ4n) is 3.89. The Hall–Kier alpha value is -3.16. The molecule has 0 amide bonds. The summed E-state index contributed by atoms with van der Waals surface area (Å²) in [5.41, 5.74) is 12.3. The maximum atomic E-state index is 12.4. The average molecular weight is 434 g/mol. The van der Waals surface area contributed by atoms with Crippen LogP contribution in [0.25, 0.3) is 22.8 Å². The van der Waals surface area contributed by atoms with Crippen molar-refractivity contribution in [3.63, 3.8) is 0 Å². The van der Waals surface area contributed by atoms with Crippen LogP contribution in [0.3, 0.4) is 0 Å². The SMILES string of the molecule is NCCOc1ncccc1C=C1c2ccccc2-c2ccc(NS(=O)(=O)C3CC3)cc21. The number of rotatable bonds is 7. The molecule has 0 aliphatic heterocycles. The summed E-state index contributed by atoms with van der Waals surface area (Å²) >= 11 is 0. The van der Waals surface area contributed by atoms with E-state index < -0.39 is 10.0 Å². The van der Waals surface area contributed by atoms with E-state index in [2.05, 4.69) is 21.8 Å². The third-order valence-electron chi connectivity index (χ3n) is 5.50. The molecule has 2 aliphatic rings. The first-order valence-electron chi connectivity index (χ1n) is 10.3. The third kappa shape index (κ3) is 3.82. The van der Waals surface area contributed by atoms with Crippen LogP contribution in [0.5, 0.6) is 5.88 Å². The fraction of sp³-hybridized carbons (Fsp3) is 0.208. The molecular weight excluding hydrogens is 410 g/mol. The van der Waals surface area contributed by atoms with Crippen molar-refractivity contribution in [3.05, 3.63) is 77.5 Å². The van der Waals surface area contributed by atoms with Gasteiger partial charge in [-0.1, -0.05) is 30.3 Å². The van der Waals surface area contributed by atoms with Gasteiger partial charge < -0.3 is 10.5 Å². The number of aromatic nitrogens is 1. The second kappa shape index (κ2) is 7.83. The first-order valence-corrected chi connectivity index (χ1v) is 11.9. The predicted octanol–water partition coefficient (Wildman–Crippen LogP) is 3.89. The molecule has 158 valence electrons. The van der Waals surface area contributed by atoms with Crippen molar-refractivity contribution in [3.8, 4) is 17.0 Å². The first-order chi connectivity index (χ1) is 15.1. The summed E-state index contributed by atoms with van der Waals surface area (Å²) in [6.07, 6.45) is 5.19. The fourth-order valence-corrected chi connectivity index (χ4v) is 5.27. The van der Waals surface area contributed by atoms with Gasteiger partial charge in [0.05, 0.1) is 5.25 Å². The Morgan fingerprint density at radius 3 is 2.58 bits per heavy atom. The van der Waals surface area contributed by atoms with Gasteiger partial charge in [0.25, 0.3) is 0 Å². The molecule has 7 heteroatoms. The molecule has 1 aromatic heterocycles. The highest BCUT2D eigenvalue weighted by atomic mass is 32.2. The lowest BCUT2D eigenvalue weighted by Crippen LogP contribution is -2.17. The van der Waals surface area contributed by atoms with Crippen LogP contribution in [0.4, 0.5) is 5.69 Å². The Bertz CT molecular complexity index is 1280. The molecule has 0 atom stereocenters. The first kappa shape index (κ1) is 19.8. The lowest BCUT2D eigenvalue weighted by molar-refractivity contribution is 0.315. The largest absolute Gasteiger partial charge is 0.476 e. The van der Waals surface area contributed by atoms with Gasteiger partial charge in [0.1, 0.15) is 6.61 Å². The maximum absolute atomic E-state index is 12.4. The number of nitrogens with one attached hydrogen (secondary N) is 1. The van der Waals surface area contributed by atoms with Crippen LogP contribution in [0, 0.1) is 0 Å². The van der Waals surface area contributed by atoms with Crippen LogP contribution in [-0.4, -0.2) is 31.8 Å². The molecule has 3 aromatic rings. The quantitative estimate of drug-likeness (QED) is 0.461. The van der Waals surface area contributed by atoms with Crippen molar-refractivity contribution < 1.29 is 13.2 Å². The van der Waals surface area contributed by atoms with E-state index in [-0.39, 0.29) is 5.25 Å². The number of sulfonamides is 1. The van der Waals surface area contributed by atoms with Crippen molar-refractivity contribution in [1.82, 2.24) is 4.98 Å². The summed E-state index contributed by atoms with van der Waals surface area (Å²) in [6, 6.07) is 17.7. The number of benzene rings is 2. The second-order valence-electron chi connectivity index (χ2n) is 7.75. The van der Waals surface area contributed by atoms with Gasteiger partial charge in [-0.15, -0.1) is 0 Å². The molecule has 1 fully saturated rings. The van der Waals surface area contributed by atoms with Crippen LogP contribution in [-0.2, 0) is 10.0 Å². The molecule has 0 unspecified atom stereocenters. The number of nitrogens with two attached hydrogens (primary N) is 1. The Balaban J connectivity index is 1.60. The Morgan fingerprint density at radius 2 is 1.81 bits per heavy atom. The standard InChI is InChI=1S/C24H23N3O3S/c25-11-13-30-24-16(4-3-12-26-24)14-22-20-6-2-1-5-19(20)21-10-7-17(15-23(21)22)27-31(28,29)18-8-9-18/h1-7,10,12,14-15,18,27H,8-9,11,13,25H2. The Kier molecular flexibility index (Phi) is 5.00. The molecule has 1 saturated carbocycles. The number of nitrogens with zero attached hydrogens (tertiary/aromatic N) is 1. The summed E-state index contributed by atoms with van der Waals surface area (Å²) in [7, 11) is -3.33. The van der Waals surface area contributed by atoms with Gasteiger partial charge in [0, 0.05) is 24.0 Å². The average Bonchev–Trinajstić information content (AvgIpc) is 3.59. The zero-order chi connectivity index (χ0) is 21.4. The number of anilines is 1. The van der Waals surface area contributed by atoms with Gasteiger partial charge in [0.2, 0.25) is 15.9 Å². The topological polar surface area (TPSA) is 94.3 Å². The third-order valence-corrected chi connectivity index (χ3v) is 7.37. The van der Waals surface area contributed by atoms with Crippen molar-refractivity contribution in [2.24, 2.45) is 5.73 Å². The molecule has 0 radical (unpaired) electrons. The lowest BCUT2D eigenvalue weighted by atomic mass is 10.0. The minimum absolute atomic E-state index is 0.273. The van der Waals surface area contributed by atoms with E-state index in [9.17, 15) is 8.42 Å². The normalized spacial score (nSPS) is 16.1. The highest BCUT2D eigenvalue weighted by Gasteiger charge is 2.36. The molecule has 0 saturated heterocycles. The molecular formula is C24H23N3O3S. The second-order valence-corrected chi connectivity index (χ2v) is 9.71. The Labute approximate surface area is 181 Å². The lowest BCUT2D eigenvalue weighted by Gasteiger charge is -2.11. The number of pyridine rings is 1. The van der Waals surface area contributed by atoms with Crippen molar-refractivity contribution in [1.29, 1.82) is 0 Å². The predicted molar refractivity (Wildman–Crippen MR) is 123 cm³/mol. The molecule has 1 heterocycles. The highest BCUT2D eigenvalue weighted by molar-refractivity contribution is 7.93. The molecule has 0 bridgehead atoms. The summed E-state index contributed by atoms with van der Waals surface area (Å²) in [4.78, 5) is 4.35. The van der Waals surface area contributed by atoms with Crippen LogP contribution < -0.4 is 15.2 Å². The number of hydrogen-bond donors (Lipinski definition) is 2. The molecule has 31 heavy (non-hydrogen) atoms. The number of hydrogen-bond acceptors (Lipinski definition) is 5. The van der Waals surface area contributed by atoms with Gasteiger partial charge in [-0.25, -0.2) is 13.4 Å². The minimum Gasteiger partial charge on any atom is -0.476 e.